The predicted molar refractivity (Wildman–Crippen MR) is 133 cm³/mol. The molecule has 0 unspecified atom stereocenters. The van der Waals surface area contributed by atoms with Gasteiger partial charge in [-0.2, -0.15) is 13.3 Å². The first-order chi connectivity index (χ1) is 15.7. The van der Waals surface area contributed by atoms with Gasteiger partial charge in [-0.15, -0.1) is 35.1 Å². The number of fused-ring (bicyclic) bond motifs is 2. The van der Waals surface area contributed by atoms with Crippen LogP contribution in [-0.2, 0) is 19.8 Å². The summed E-state index contributed by atoms with van der Waals surface area (Å²) in [6.45, 7) is 4.26. The van der Waals surface area contributed by atoms with Crippen molar-refractivity contribution in [2.45, 2.75) is 0 Å². The molecule has 4 aromatic carbocycles. The van der Waals surface area contributed by atoms with E-state index in [0.29, 0.717) is 0 Å². The molecule has 2 aliphatic heterocycles. The van der Waals surface area contributed by atoms with E-state index in [4.69, 9.17) is 0 Å². The van der Waals surface area contributed by atoms with Gasteiger partial charge in [-0.3, -0.25) is 0 Å². The molecule has 0 bridgehead atoms. The van der Waals surface area contributed by atoms with Gasteiger partial charge in [0, 0.05) is 42.5 Å². The SMILES string of the molecule is CN1[CH-]N(c2[c-]c(N3[CH-]N(C)c4ccccc43)cc(-c3ccccc3)c2)c2ccccc21.[Os]. The van der Waals surface area contributed by atoms with E-state index >= 15 is 0 Å². The van der Waals surface area contributed by atoms with Gasteiger partial charge in [0.1, 0.15) is 0 Å². The van der Waals surface area contributed by atoms with Crippen LogP contribution < -0.4 is 19.6 Å². The Labute approximate surface area is 208 Å². The van der Waals surface area contributed by atoms with Crippen molar-refractivity contribution in [3.8, 4) is 11.1 Å². The molecular formula is C28H23N4Os-3. The maximum absolute atomic E-state index is 3.70. The van der Waals surface area contributed by atoms with Crippen LogP contribution in [0, 0.1) is 19.4 Å². The van der Waals surface area contributed by atoms with Crippen molar-refractivity contribution < 1.29 is 19.8 Å². The van der Waals surface area contributed by atoms with Crippen LogP contribution in [0.3, 0.4) is 0 Å². The molecule has 0 aromatic heterocycles. The Kier molecular flexibility index (Phi) is 5.60. The maximum Gasteiger partial charge on any atom is 0.0326 e. The molecule has 4 aromatic rings. The summed E-state index contributed by atoms with van der Waals surface area (Å²) in [4.78, 5) is 8.75. The van der Waals surface area contributed by atoms with Crippen LogP contribution in [0.2, 0.25) is 0 Å². The Bertz CT molecular complexity index is 1210. The average Bonchev–Trinajstić information content (AvgIpc) is 3.37. The molecule has 2 aliphatic rings. The summed E-state index contributed by atoms with van der Waals surface area (Å²) in [6.07, 6.45) is 0. The largest absolute Gasteiger partial charge is 0.504 e. The summed E-state index contributed by atoms with van der Waals surface area (Å²) in [5.41, 5.74) is 9.06. The average molecular weight is 606 g/mol. The number of benzene rings is 4. The Balaban J connectivity index is 0.00000228. The molecule has 0 aliphatic carbocycles. The second-order valence-corrected chi connectivity index (χ2v) is 8.18. The van der Waals surface area contributed by atoms with Crippen LogP contribution in [0.5, 0.6) is 0 Å². The van der Waals surface area contributed by atoms with Crippen molar-refractivity contribution in [3.63, 3.8) is 0 Å². The third-order valence-corrected chi connectivity index (χ3v) is 6.09. The zero-order chi connectivity index (χ0) is 21.7. The van der Waals surface area contributed by atoms with Crippen molar-refractivity contribution in [1.82, 2.24) is 0 Å². The van der Waals surface area contributed by atoms with Crippen LogP contribution in [-0.4, -0.2) is 14.1 Å². The topological polar surface area (TPSA) is 13.0 Å². The van der Waals surface area contributed by atoms with Gasteiger partial charge in [0.2, 0.25) is 0 Å². The third-order valence-electron chi connectivity index (χ3n) is 6.09. The van der Waals surface area contributed by atoms with Gasteiger partial charge in [-0.1, -0.05) is 54.6 Å². The number of para-hydroxylation sites is 4. The Hall–Kier alpha value is -3.28. The van der Waals surface area contributed by atoms with Gasteiger partial charge in [0.15, 0.2) is 0 Å². The van der Waals surface area contributed by atoms with Crippen LogP contribution in [0.15, 0.2) is 91.0 Å². The van der Waals surface area contributed by atoms with E-state index in [1.54, 1.807) is 0 Å². The second-order valence-electron chi connectivity index (χ2n) is 8.18. The number of anilines is 6. The molecule has 6 rings (SSSR count). The van der Waals surface area contributed by atoms with Gasteiger partial charge >= 0.3 is 0 Å². The van der Waals surface area contributed by atoms with Gasteiger partial charge < -0.3 is 19.6 Å². The molecule has 166 valence electrons. The minimum atomic E-state index is 0. The zero-order valence-corrected chi connectivity index (χ0v) is 21.0. The molecule has 0 saturated carbocycles. The summed E-state index contributed by atoms with van der Waals surface area (Å²) < 4.78 is 0. The second kappa shape index (κ2) is 8.58. The summed E-state index contributed by atoms with van der Waals surface area (Å²) >= 11 is 0. The minimum absolute atomic E-state index is 0. The maximum atomic E-state index is 3.70. The Morgan fingerprint density at radius 2 is 0.970 bits per heavy atom. The van der Waals surface area contributed by atoms with Crippen LogP contribution in [0.25, 0.3) is 11.1 Å². The van der Waals surface area contributed by atoms with Gasteiger partial charge in [0.25, 0.3) is 0 Å². The van der Waals surface area contributed by atoms with Crippen molar-refractivity contribution in [3.05, 3.63) is 110 Å². The fraction of sp³-hybridized carbons (Fsp3) is 0.0714. The van der Waals surface area contributed by atoms with E-state index in [9.17, 15) is 0 Å². The molecule has 2 heterocycles. The van der Waals surface area contributed by atoms with E-state index in [-0.39, 0.29) is 19.8 Å². The molecule has 0 atom stereocenters. The smallest absolute Gasteiger partial charge is 0.0326 e. The summed E-state index contributed by atoms with van der Waals surface area (Å²) in [6, 6.07) is 35.6. The summed E-state index contributed by atoms with van der Waals surface area (Å²) in [7, 11) is 4.17. The number of nitrogens with zero attached hydrogens (tertiary/aromatic N) is 4. The van der Waals surface area contributed by atoms with Crippen molar-refractivity contribution in [2.75, 3.05) is 33.7 Å². The monoisotopic (exact) mass is 607 g/mol. The molecule has 0 spiro atoms. The standard InChI is InChI=1S/C28H23N4.Os/c1-29-19-31(27-14-8-6-12-25(27)29)23-16-22(21-10-4-3-5-11-21)17-24(18-23)32-20-30(2)26-13-7-9-15-28(26)32;/h3-17,19-20H,1-2H3;/q-3;. The number of hydrogen-bond donors (Lipinski definition) is 0. The molecule has 4 nitrogen and oxygen atoms in total. The third kappa shape index (κ3) is 3.67. The summed E-state index contributed by atoms with van der Waals surface area (Å²) in [5.74, 6) is 0. The quantitative estimate of drug-likeness (QED) is 0.245. The fourth-order valence-corrected chi connectivity index (χ4v) is 4.51. The first-order valence-corrected chi connectivity index (χ1v) is 10.7. The van der Waals surface area contributed by atoms with Gasteiger partial charge in [-0.05, 0) is 43.9 Å². The Morgan fingerprint density at radius 3 is 1.45 bits per heavy atom. The molecule has 0 N–H and O–H groups in total. The van der Waals surface area contributed by atoms with Crippen molar-refractivity contribution >= 4 is 34.1 Å². The molecule has 0 amide bonds. The van der Waals surface area contributed by atoms with Gasteiger partial charge in [0.05, 0.1) is 0 Å². The molecule has 0 saturated heterocycles. The van der Waals surface area contributed by atoms with Crippen molar-refractivity contribution in [2.24, 2.45) is 0 Å². The van der Waals surface area contributed by atoms with E-state index in [1.807, 2.05) is 0 Å². The van der Waals surface area contributed by atoms with E-state index in [0.717, 1.165) is 28.3 Å². The molecular weight excluding hydrogens is 583 g/mol. The van der Waals surface area contributed by atoms with Crippen LogP contribution in [0.4, 0.5) is 34.1 Å². The van der Waals surface area contributed by atoms with Gasteiger partial charge in [-0.25, -0.2) is 0 Å². The van der Waals surface area contributed by atoms with E-state index < -0.39 is 0 Å². The van der Waals surface area contributed by atoms with E-state index in [1.165, 1.54) is 16.9 Å². The zero-order valence-electron chi connectivity index (χ0n) is 18.5. The Morgan fingerprint density at radius 1 is 0.545 bits per heavy atom. The van der Waals surface area contributed by atoms with Crippen LogP contribution in [0.1, 0.15) is 0 Å². The summed E-state index contributed by atoms with van der Waals surface area (Å²) in [5, 5.41) is 0. The molecule has 33 heavy (non-hydrogen) atoms. The molecule has 0 fully saturated rings. The fourth-order valence-electron chi connectivity index (χ4n) is 4.51. The normalized spacial score (nSPS) is 14.2. The molecule has 0 radical (unpaired) electrons. The van der Waals surface area contributed by atoms with Crippen molar-refractivity contribution in [1.29, 1.82) is 0 Å². The first-order valence-electron chi connectivity index (χ1n) is 10.7. The number of rotatable bonds is 3. The van der Waals surface area contributed by atoms with Crippen LogP contribution >= 0.6 is 0 Å². The first kappa shape index (κ1) is 21.6. The minimum Gasteiger partial charge on any atom is -0.504 e. The predicted octanol–water partition coefficient (Wildman–Crippen LogP) is 6.57. The van der Waals surface area contributed by atoms with E-state index in [2.05, 4.69) is 144 Å². The molecule has 5 heteroatoms. The number of hydrogen-bond acceptors (Lipinski definition) is 4.